The lowest BCUT2D eigenvalue weighted by molar-refractivity contribution is -0.311. The second-order valence-electron chi connectivity index (χ2n) is 2.02. The highest BCUT2D eigenvalue weighted by atomic mass is 35.5. The third-order valence-corrected chi connectivity index (χ3v) is 1.06. The van der Waals surface area contributed by atoms with Gasteiger partial charge in [0, 0.05) is 0 Å². The van der Waals surface area contributed by atoms with E-state index in [9.17, 15) is 13.2 Å². The molecule has 1 rings (SSSR count). The Bertz CT molecular complexity index is 239. The van der Waals surface area contributed by atoms with Crippen molar-refractivity contribution in [3.05, 3.63) is 30.3 Å². The first-order chi connectivity index (χ1) is 5.58. The summed E-state index contributed by atoms with van der Waals surface area (Å²) in [6, 6.07) is 7.82. The number of halogens is 4. The molecule has 1 aromatic rings. The van der Waals surface area contributed by atoms with E-state index >= 15 is 0 Å². The molecule has 0 aliphatic rings. The van der Waals surface area contributed by atoms with Gasteiger partial charge in [-0.15, -0.1) is 25.6 Å². The van der Waals surface area contributed by atoms with Crippen molar-refractivity contribution in [1.29, 1.82) is 0 Å². The minimum atomic E-state index is -4.66. The Hall–Kier alpha value is -0.940. The average Bonchev–Trinajstić information content (AvgIpc) is 2.02. The summed E-state index contributed by atoms with van der Waals surface area (Å²) in [6.45, 7) is 0. The Morgan fingerprint density at radius 2 is 1.62 bits per heavy atom. The molecule has 1 aromatic carbocycles. The molecule has 0 fully saturated rings. The van der Waals surface area contributed by atoms with Crippen LogP contribution in [-0.4, -0.2) is 6.36 Å². The molecule has 0 atom stereocenters. The van der Waals surface area contributed by atoms with E-state index in [0.717, 1.165) is 0 Å². The van der Waals surface area contributed by atoms with Crippen LogP contribution in [0.2, 0.25) is 0 Å². The predicted molar refractivity (Wildman–Crippen MR) is 44.5 cm³/mol. The molecule has 0 unspecified atom stereocenters. The molecule has 0 saturated carbocycles. The summed E-state index contributed by atoms with van der Waals surface area (Å²) in [5, 5.41) is 0. The molecule has 74 valence electrons. The van der Waals surface area contributed by atoms with Crippen molar-refractivity contribution in [3.63, 3.8) is 0 Å². The lowest BCUT2D eigenvalue weighted by Gasteiger charge is -2.08. The Morgan fingerprint density at radius 3 is 2.08 bits per heavy atom. The molecule has 0 amide bonds. The van der Waals surface area contributed by atoms with Gasteiger partial charge in [0.25, 0.3) is 0 Å². The molecule has 0 saturated heterocycles. The zero-order valence-corrected chi connectivity index (χ0v) is 7.15. The van der Waals surface area contributed by atoms with Gasteiger partial charge in [0.2, 0.25) is 0 Å². The number of nitrogens with one attached hydrogen (secondary N) is 1. The van der Waals surface area contributed by atoms with Gasteiger partial charge in [-0.3, -0.25) is 5.48 Å². The van der Waals surface area contributed by atoms with Gasteiger partial charge in [0.1, 0.15) is 0 Å². The number of rotatable bonds is 2. The lowest BCUT2D eigenvalue weighted by Crippen LogP contribution is -2.17. The van der Waals surface area contributed by atoms with E-state index in [1.807, 2.05) is 0 Å². The van der Waals surface area contributed by atoms with Crippen LogP contribution in [0.4, 0.5) is 18.9 Å². The molecule has 0 spiro atoms. The number of benzene rings is 1. The lowest BCUT2D eigenvalue weighted by atomic mass is 10.3. The molecule has 0 aliphatic heterocycles. The normalized spacial score (nSPS) is 10.4. The van der Waals surface area contributed by atoms with E-state index in [4.69, 9.17) is 0 Å². The molecule has 0 heterocycles. The van der Waals surface area contributed by atoms with Crippen LogP contribution in [0.25, 0.3) is 0 Å². The smallest absolute Gasteiger partial charge is 0.258 e. The fourth-order valence-electron chi connectivity index (χ4n) is 0.623. The van der Waals surface area contributed by atoms with E-state index in [2.05, 4.69) is 4.84 Å². The minimum Gasteiger partial charge on any atom is -0.258 e. The van der Waals surface area contributed by atoms with E-state index in [1.165, 1.54) is 12.1 Å². The first kappa shape index (κ1) is 12.1. The van der Waals surface area contributed by atoms with Crippen LogP contribution in [0.3, 0.4) is 0 Å². The number of anilines is 1. The molecule has 0 aliphatic carbocycles. The van der Waals surface area contributed by atoms with Crippen molar-refractivity contribution in [1.82, 2.24) is 0 Å². The maximum absolute atomic E-state index is 11.5. The van der Waals surface area contributed by atoms with Crippen LogP contribution in [0.15, 0.2) is 30.3 Å². The molecular weight excluding hydrogens is 207 g/mol. The highest BCUT2D eigenvalue weighted by molar-refractivity contribution is 5.85. The quantitative estimate of drug-likeness (QED) is 0.763. The molecule has 0 radical (unpaired) electrons. The van der Waals surface area contributed by atoms with Crippen molar-refractivity contribution < 1.29 is 18.0 Å². The fourth-order valence-corrected chi connectivity index (χ4v) is 0.623. The van der Waals surface area contributed by atoms with Gasteiger partial charge in [-0.1, -0.05) is 18.2 Å². The molecule has 2 nitrogen and oxygen atoms in total. The second kappa shape index (κ2) is 4.94. The highest BCUT2D eigenvalue weighted by Gasteiger charge is 2.29. The number of hydrogen-bond acceptors (Lipinski definition) is 2. The first-order valence-electron chi connectivity index (χ1n) is 3.14. The number of para-hydroxylation sites is 1. The Morgan fingerprint density at radius 1 is 1.08 bits per heavy atom. The van der Waals surface area contributed by atoms with E-state index < -0.39 is 6.36 Å². The van der Waals surface area contributed by atoms with E-state index in [-0.39, 0.29) is 18.1 Å². The summed E-state index contributed by atoms with van der Waals surface area (Å²) < 4.78 is 34.4. The molecular formula is C7H7ClF3NO. The molecule has 6 heteroatoms. The maximum Gasteiger partial charge on any atom is 0.543 e. The van der Waals surface area contributed by atoms with Crippen molar-refractivity contribution >= 4 is 18.1 Å². The maximum atomic E-state index is 11.5. The molecule has 13 heavy (non-hydrogen) atoms. The van der Waals surface area contributed by atoms with Gasteiger partial charge >= 0.3 is 6.36 Å². The van der Waals surface area contributed by atoms with Gasteiger partial charge in [0.05, 0.1) is 5.69 Å². The summed E-state index contributed by atoms with van der Waals surface area (Å²) in [5.74, 6) is 0. The molecule has 0 bridgehead atoms. The van der Waals surface area contributed by atoms with Crippen molar-refractivity contribution in [2.24, 2.45) is 0 Å². The zero-order valence-electron chi connectivity index (χ0n) is 6.34. The van der Waals surface area contributed by atoms with Gasteiger partial charge in [-0.2, -0.15) is 4.84 Å². The summed E-state index contributed by atoms with van der Waals surface area (Å²) in [4.78, 5) is 3.37. The zero-order chi connectivity index (χ0) is 9.03. The fraction of sp³-hybridized carbons (Fsp3) is 0.143. The van der Waals surface area contributed by atoms with Gasteiger partial charge in [-0.05, 0) is 12.1 Å². The highest BCUT2D eigenvalue weighted by Crippen LogP contribution is 2.17. The topological polar surface area (TPSA) is 21.3 Å². The Kier molecular flexibility index (Phi) is 4.58. The van der Waals surface area contributed by atoms with Crippen LogP contribution in [0.1, 0.15) is 0 Å². The van der Waals surface area contributed by atoms with E-state index in [1.54, 1.807) is 23.7 Å². The third kappa shape index (κ3) is 5.32. The van der Waals surface area contributed by atoms with Gasteiger partial charge in [0.15, 0.2) is 0 Å². The summed E-state index contributed by atoms with van der Waals surface area (Å²) in [5.41, 5.74) is 2.02. The summed E-state index contributed by atoms with van der Waals surface area (Å²) in [6.07, 6.45) is -4.66. The van der Waals surface area contributed by atoms with Crippen molar-refractivity contribution in [3.8, 4) is 0 Å². The summed E-state index contributed by atoms with van der Waals surface area (Å²) in [7, 11) is 0. The third-order valence-electron chi connectivity index (χ3n) is 1.06. The largest absolute Gasteiger partial charge is 0.543 e. The average molecular weight is 214 g/mol. The first-order valence-corrected chi connectivity index (χ1v) is 3.14. The van der Waals surface area contributed by atoms with Crippen LogP contribution in [0.5, 0.6) is 0 Å². The standard InChI is InChI=1S/C7H6F3NO.ClH/c8-7(9,10)12-11-6-4-2-1-3-5-6;/h1-5,11H;1H. The van der Waals surface area contributed by atoms with E-state index in [0.29, 0.717) is 0 Å². The SMILES string of the molecule is Cl.FC(F)(F)ONc1ccccc1. The van der Waals surface area contributed by atoms with Crippen LogP contribution >= 0.6 is 12.4 Å². The van der Waals surface area contributed by atoms with Crippen LogP contribution in [-0.2, 0) is 4.84 Å². The Labute approximate surface area is 79.1 Å². The Balaban J connectivity index is 0.00000144. The number of alkyl halides is 3. The monoisotopic (exact) mass is 213 g/mol. The van der Waals surface area contributed by atoms with Gasteiger partial charge in [-0.25, -0.2) is 0 Å². The summed E-state index contributed by atoms with van der Waals surface area (Å²) >= 11 is 0. The number of hydrogen-bond donors (Lipinski definition) is 1. The minimum absolute atomic E-state index is 0. The second-order valence-corrected chi connectivity index (χ2v) is 2.02. The predicted octanol–water partition coefficient (Wildman–Crippen LogP) is 2.97. The van der Waals surface area contributed by atoms with Gasteiger partial charge < -0.3 is 0 Å². The van der Waals surface area contributed by atoms with Crippen LogP contribution in [0, 0.1) is 0 Å². The van der Waals surface area contributed by atoms with Crippen molar-refractivity contribution in [2.75, 3.05) is 5.48 Å². The van der Waals surface area contributed by atoms with Crippen LogP contribution < -0.4 is 5.48 Å². The van der Waals surface area contributed by atoms with Crippen molar-refractivity contribution in [2.45, 2.75) is 6.36 Å². The molecule has 0 aromatic heterocycles. The molecule has 1 N–H and O–H groups in total.